The fourth-order valence-corrected chi connectivity index (χ4v) is 8.31. The molecule has 0 fully saturated rings. The zero-order valence-electron chi connectivity index (χ0n) is 25.3. The minimum Gasteiger partial charge on any atom is -0.311 e. The molecule has 0 bridgehead atoms. The topological polar surface area (TPSA) is 8.17 Å². The van der Waals surface area contributed by atoms with Crippen LogP contribution < -0.4 is 4.90 Å². The molecule has 45 heavy (non-hydrogen) atoms. The maximum absolute atomic E-state index is 2.47. The first kappa shape index (κ1) is 24.8. The second-order valence-electron chi connectivity index (χ2n) is 13.0. The van der Waals surface area contributed by atoms with Crippen molar-refractivity contribution in [1.29, 1.82) is 0 Å². The number of hydrogen-bond donors (Lipinski definition) is 0. The molecule has 212 valence electrons. The molecule has 0 atom stereocenters. The number of nitrogens with zero attached hydrogens (tertiary/aromatic N) is 2. The maximum atomic E-state index is 2.47. The van der Waals surface area contributed by atoms with Crippen LogP contribution in [0.25, 0.3) is 60.5 Å². The van der Waals surface area contributed by atoms with Crippen LogP contribution in [0.3, 0.4) is 0 Å². The van der Waals surface area contributed by atoms with Crippen LogP contribution in [0.1, 0.15) is 25.0 Å². The van der Waals surface area contributed by atoms with E-state index in [-0.39, 0.29) is 5.41 Å². The Kier molecular flexibility index (Phi) is 4.82. The SMILES string of the molecule is CC1(C)c2cccc3c2-c2c1ccc1ccc4c(c21)c1c-3cccc1n4-c1ccc(N(c2ccccc2)c2ccccc2)cc1. The number of anilines is 3. The molecule has 2 aliphatic carbocycles. The number of aromatic nitrogens is 1. The summed E-state index contributed by atoms with van der Waals surface area (Å²) < 4.78 is 2.47. The Hall–Kier alpha value is -5.60. The summed E-state index contributed by atoms with van der Waals surface area (Å²) in [5, 5.41) is 5.43. The molecule has 2 aliphatic rings. The van der Waals surface area contributed by atoms with Crippen molar-refractivity contribution in [3.8, 4) is 27.9 Å². The lowest BCUT2D eigenvalue weighted by Crippen LogP contribution is -2.14. The summed E-state index contributed by atoms with van der Waals surface area (Å²) in [4.78, 5) is 2.32. The van der Waals surface area contributed by atoms with E-state index in [0.717, 1.165) is 17.1 Å². The highest BCUT2D eigenvalue weighted by Crippen LogP contribution is 2.58. The van der Waals surface area contributed by atoms with Crippen molar-refractivity contribution >= 4 is 49.6 Å². The molecular formula is C43H30N2. The van der Waals surface area contributed by atoms with Gasteiger partial charge in [0, 0.05) is 38.9 Å². The number of para-hydroxylation sites is 2. The monoisotopic (exact) mass is 574 g/mol. The van der Waals surface area contributed by atoms with E-state index in [1.165, 1.54) is 71.6 Å². The van der Waals surface area contributed by atoms with Crippen molar-refractivity contribution in [3.63, 3.8) is 0 Å². The molecule has 2 heteroatoms. The summed E-state index contributed by atoms with van der Waals surface area (Å²) in [6.45, 7) is 4.77. The van der Waals surface area contributed by atoms with Gasteiger partial charge in [0.25, 0.3) is 0 Å². The molecule has 0 unspecified atom stereocenters. The first-order valence-electron chi connectivity index (χ1n) is 15.8. The van der Waals surface area contributed by atoms with Gasteiger partial charge >= 0.3 is 0 Å². The fourth-order valence-electron chi connectivity index (χ4n) is 8.31. The van der Waals surface area contributed by atoms with Crippen LogP contribution in [0.5, 0.6) is 0 Å². The van der Waals surface area contributed by atoms with E-state index in [1.54, 1.807) is 0 Å². The van der Waals surface area contributed by atoms with Gasteiger partial charge in [0.1, 0.15) is 0 Å². The second kappa shape index (κ2) is 8.74. The van der Waals surface area contributed by atoms with Crippen LogP contribution in [0.15, 0.2) is 146 Å². The van der Waals surface area contributed by atoms with Crippen LogP contribution in [-0.4, -0.2) is 4.57 Å². The van der Waals surface area contributed by atoms with Gasteiger partial charge in [-0.3, -0.25) is 0 Å². The first-order valence-corrected chi connectivity index (χ1v) is 15.8. The Labute approximate surface area is 262 Å². The third-order valence-electron chi connectivity index (χ3n) is 10.3. The minimum atomic E-state index is -0.0375. The first-order chi connectivity index (χ1) is 22.1. The predicted molar refractivity (Wildman–Crippen MR) is 190 cm³/mol. The smallest absolute Gasteiger partial charge is 0.0547 e. The van der Waals surface area contributed by atoms with E-state index < -0.39 is 0 Å². The van der Waals surface area contributed by atoms with Crippen molar-refractivity contribution < 1.29 is 0 Å². The molecule has 0 radical (unpaired) electrons. The molecule has 2 nitrogen and oxygen atoms in total. The van der Waals surface area contributed by atoms with Gasteiger partial charge < -0.3 is 9.47 Å². The van der Waals surface area contributed by atoms with Crippen molar-refractivity contribution in [2.45, 2.75) is 19.3 Å². The summed E-state index contributed by atoms with van der Waals surface area (Å²) in [6.07, 6.45) is 0. The Balaban J connectivity index is 1.25. The van der Waals surface area contributed by atoms with Crippen molar-refractivity contribution in [2.24, 2.45) is 0 Å². The Bertz CT molecular complexity index is 2440. The Morgan fingerprint density at radius 2 is 1.04 bits per heavy atom. The van der Waals surface area contributed by atoms with Gasteiger partial charge in [-0.1, -0.05) is 98.8 Å². The van der Waals surface area contributed by atoms with Crippen LogP contribution in [0, 0.1) is 0 Å². The largest absolute Gasteiger partial charge is 0.311 e. The quantitative estimate of drug-likeness (QED) is 0.203. The predicted octanol–water partition coefficient (Wildman–Crippen LogP) is 11.7. The number of benzene rings is 7. The molecule has 1 aromatic heterocycles. The highest BCUT2D eigenvalue weighted by Gasteiger charge is 2.40. The second-order valence-corrected chi connectivity index (χ2v) is 13.0. The number of hydrogen-bond acceptors (Lipinski definition) is 1. The van der Waals surface area contributed by atoms with Gasteiger partial charge in [0.2, 0.25) is 0 Å². The lowest BCUT2D eigenvalue weighted by Gasteiger charge is -2.25. The lowest BCUT2D eigenvalue weighted by molar-refractivity contribution is 0.661. The molecule has 0 spiro atoms. The van der Waals surface area contributed by atoms with Gasteiger partial charge in [0.05, 0.1) is 11.0 Å². The van der Waals surface area contributed by atoms with Gasteiger partial charge in [-0.25, -0.2) is 0 Å². The van der Waals surface area contributed by atoms with Gasteiger partial charge in [-0.15, -0.1) is 0 Å². The van der Waals surface area contributed by atoms with Crippen molar-refractivity contribution in [3.05, 3.63) is 157 Å². The standard InChI is InChI=1S/C43H30N2/c1-43(2)34-17-9-15-32-33-16-10-18-36-40(33)42-37(26-20-27-19-25-35(43)41(38(27)42)39(32)34)45(36)31-23-21-30(22-24-31)44(28-11-5-3-6-12-28)29-13-7-4-8-14-29/h3-26H,1-2H3. The molecular weight excluding hydrogens is 544 g/mol. The third kappa shape index (κ3) is 3.18. The number of rotatable bonds is 4. The molecule has 0 saturated heterocycles. The summed E-state index contributed by atoms with van der Waals surface area (Å²) in [7, 11) is 0. The molecule has 0 aliphatic heterocycles. The van der Waals surface area contributed by atoms with Gasteiger partial charge in [-0.2, -0.15) is 0 Å². The summed E-state index contributed by atoms with van der Waals surface area (Å²) >= 11 is 0. The van der Waals surface area contributed by atoms with Gasteiger partial charge in [0.15, 0.2) is 0 Å². The molecule has 8 aromatic rings. The average molecular weight is 575 g/mol. The van der Waals surface area contributed by atoms with Crippen LogP contribution in [-0.2, 0) is 5.41 Å². The van der Waals surface area contributed by atoms with Crippen LogP contribution in [0.2, 0.25) is 0 Å². The molecule has 10 rings (SSSR count). The van der Waals surface area contributed by atoms with E-state index in [2.05, 4.69) is 169 Å². The van der Waals surface area contributed by atoms with Gasteiger partial charge in [-0.05, 0) is 105 Å². The average Bonchev–Trinajstić information content (AvgIpc) is 3.50. The molecule has 0 saturated carbocycles. The third-order valence-corrected chi connectivity index (χ3v) is 10.3. The number of fused-ring (bicyclic) bond motifs is 1. The summed E-state index contributed by atoms with van der Waals surface area (Å²) in [5.74, 6) is 0. The van der Waals surface area contributed by atoms with E-state index in [1.807, 2.05) is 0 Å². The Morgan fingerprint density at radius 1 is 0.444 bits per heavy atom. The van der Waals surface area contributed by atoms with Crippen molar-refractivity contribution in [2.75, 3.05) is 4.90 Å². The lowest BCUT2D eigenvalue weighted by atomic mass is 9.81. The highest BCUT2D eigenvalue weighted by molar-refractivity contribution is 6.31. The molecule has 0 N–H and O–H groups in total. The van der Waals surface area contributed by atoms with Crippen LogP contribution >= 0.6 is 0 Å². The molecule has 0 amide bonds. The summed E-state index contributed by atoms with van der Waals surface area (Å²) in [5.41, 5.74) is 15.5. The zero-order valence-corrected chi connectivity index (χ0v) is 25.3. The minimum absolute atomic E-state index is 0.0375. The van der Waals surface area contributed by atoms with E-state index in [9.17, 15) is 0 Å². The van der Waals surface area contributed by atoms with E-state index in [0.29, 0.717) is 0 Å². The van der Waals surface area contributed by atoms with E-state index in [4.69, 9.17) is 0 Å². The highest BCUT2D eigenvalue weighted by atomic mass is 15.1. The maximum Gasteiger partial charge on any atom is 0.0547 e. The normalized spacial score (nSPS) is 13.7. The van der Waals surface area contributed by atoms with Crippen LogP contribution in [0.4, 0.5) is 17.1 Å². The zero-order chi connectivity index (χ0) is 29.9. The summed E-state index contributed by atoms with van der Waals surface area (Å²) in [6, 6.07) is 53.5. The molecule has 1 heterocycles. The van der Waals surface area contributed by atoms with Crippen molar-refractivity contribution in [1.82, 2.24) is 4.57 Å². The fraction of sp³-hybridized carbons (Fsp3) is 0.0698. The molecule has 7 aromatic carbocycles. The van der Waals surface area contributed by atoms with E-state index >= 15 is 0 Å². The Morgan fingerprint density at radius 3 is 1.78 bits per heavy atom.